The van der Waals surface area contributed by atoms with Crippen molar-refractivity contribution in [2.24, 2.45) is 0 Å². The number of methoxy groups -OCH3 is 2. The van der Waals surface area contributed by atoms with Crippen molar-refractivity contribution in [3.05, 3.63) is 22.2 Å². The first-order valence-corrected chi connectivity index (χ1v) is 7.00. The fourth-order valence-electron chi connectivity index (χ4n) is 3.08. The van der Waals surface area contributed by atoms with Crippen LogP contribution in [0.4, 0.5) is 0 Å². The molecule has 4 nitrogen and oxygen atoms in total. The molecule has 0 bridgehead atoms. The van der Waals surface area contributed by atoms with Gasteiger partial charge in [-0.3, -0.25) is 4.79 Å². The van der Waals surface area contributed by atoms with Crippen LogP contribution in [0.3, 0.4) is 0 Å². The van der Waals surface area contributed by atoms with Crippen molar-refractivity contribution in [3.8, 4) is 11.5 Å². The van der Waals surface area contributed by atoms with Crippen LogP contribution in [0.25, 0.3) is 0 Å². The predicted molar refractivity (Wildman–Crippen MR) is 77.1 cm³/mol. The minimum absolute atomic E-state index is 0.485. The van der Waals surface area contributed by atoms with E-state index in [1.165, 1.54) is 14.2 Å². The quantitative estimate of drug-likeness (QED) is 0.923. The van der Waals surface area contributed by atoms with Crippen LogP contribution in [-0.4, -0.2) is 25.3 Å². The number of halogens is 1. The highest BCUT2D eigenvalue weighted by Gasteiger charge is 2.46. The second kappa shape index (κ2) is 5.52. The molecular weight excluding hydrogens is 280 g/mol. The molecule has 0 radical (unpaired) electrons. The molecule has 0 atom stereocenters. The third-order valence-corrected chi connectivity index (χ3v) is 4.60. The Balaban J connectivity index is 2.72. The van der Waals surface area contributed by atoms with Gasteiger partial charge in [0, 0.05) is 16.1 Å². The summed E-state index contributed by atoms with van der Waals surface area (Å²) in [6.45, 7) is 1.83. The van der Waals surface area contributed by atoms with Crippen LogP contribution in [0.5, 0.6) is 11.5 Å². The van der Waals surface area contributed by atoms with Crippen molar-refractivity contribution in [3.63, 3.8) is 0 Å². The molecule has 110 valence electrons. The maximum Gasteiger partial charge on any atom is 0.314 e. The number of ether oxygens (including phenoxy) is 2. The SMILES string of the molecule is COc1c(C2(C(=O)O)CCCC2)cc(Cl)c(C)c1OC. The van der Waals surface area contributed by atoms with Crippen LogP contribution in [0.1, 0.15) is 36.8 Å². The summed E-state index contributed by atoms with van der Waals surface area (Å²) in [4.78, 5) is 11.8. The van der Waals surface area contributed by atoms with Crippen molar-refractivity contribution in [1.29, 1.82) is 0 Å². The van der Waals surface area contributed by atoms with E-state index < -0.39 is 11.4 Å². The van der Waals surface area contributed by atoms with Crippen LogP contribution in [0.2, 0.25) is 5.02 Å². The molecule has 1 aliphatic rings. The van der Waals surface area contributed by atoms with Crippen molar-refractivity contribution in [2.45, 2.75) is 38.0 Å². The zero-order chi connectivity index (χ0) is 14.9. The van der Waals surface area contributed by atoms with Gasteiger partial charge in [0.05, 0.1) is 19.6 Å². The lowest BCUT2D eigenvalue weighted by molar-refractivity contribution is -0.143. The Hall–Kier alpha value is -1.42. The first-order valence-electron chi connectivity index (χ1n) is 6.63. The summed E-state index contributed by atoms with van der Waals surface area (Å²) in [7, 11) is 3.06. The third-order valence-electron chi connectivity index (χ3n) is 4.21. The van der Waals surface area contributed by atoms with Crippen molar-refractivity contribution >= 4 is 17.6 Å². The first kappa shape index (κ1) is 15.0. The Bertz CT molecular complexity index is 533. The molecule has 1 N–H and O–H groups in total. The number of hydrogen-bond acceptors (Lipinski definition) is 3. The van der Waals surface area contributed by atoms with E-state index in [1.54, 1.807) is 6.07 Å². The summed E-state index contributed by atoms with van der Waals surface area (Å²) >= 11 is 6.24. The van der Waals surface area contributed by atoms with E-state index in [0.29, 0.717) is 34.9 Å². The highest BCUT2D eigenvalue weighted by Crippen LogP contribution is 2.50. The average molecular weight is 299 g/mol. The summed E-state index contributed by atoms with van der Waals surface area (Å²) < 4.78 is 10.8. The first-order chi connectivity index (χ1) is 9.47. The lowest BCUT2D eigenvalue weighted by Gasteiger charge is -2.28. The summed E-state index contributed by atoms with van der Waals surface area (Å²) in [6, 6.07) is 1.72. The van der Waals surface area contributed by atoms with E-state index in [2.05, 4.69) is 0 Å². The maximum atomic E-state index is 11.8. The molecule has 0 aromatic heterocycles. The van der Waals surface area contributed by atoms with Gasteiger partial charge in [0.25, 0.3) is 0 Å². The van der Waals surface area contributed by atoms with Crippen LogP contribution >= 0.6 is 11.6 Å². The fraction of sp³-hybridized carbons (Fsp3) is 0.533. The summed E-state index contributed by atoms with van der Waals surface area (Å²) in [5.41, 5.74) is 0.460. The van der Waals surface area contributed by atoms with Crippen molar-refractivity contribution in [1.82, 2.24) is 0 Å². The lowest BCUT2D eigenvalue weighted by atomic mass is 9.78. The molecule has 20 heavy (non-hydrogen) atoms. The zero-order valence-corrected chi connectivity index (χ0v) is 12.7. The number of rotatable bonds is 4. The van der Waals surface area contributed by atoms with Gasteiger partial charge in [-0.2, -0.15) is 0 Å². The van der Waals surface area contributed by atoms with E-state index in [-0.39, 0.29) is 0 Å². The molecule has 2 rings (SSSR count). The van der Waals surface area contributed by atoms with Gasteiger partial charge in [-0.15, -0.1) is 0 Å². The number of aliphatic carboxylic acids is 1. The zero-order valence-electron chi connectivity index (χ0n) is 12.0. The molecule has 0 heterocycles. The number of carboxylic acid groups (broad SMARTS) is 1. The highest BCUT2D eigenvalue weighted by atomic mass is 35.5. The van der Waals surface area contributed by atoms with Crippen molar-refractivity contribution < 1.29 is 19.4 Å². The molecule has 1 saturated carbocycles. The molecule has 1 aromatic rings. The summed E-state index contributed by atoms with van der Waals surface area (Å²) in [5.74, 6) is 0.177. The lowest BCUT2D eigenvalue weighted by Crippen LogP contribution is -2.33. The normalized spacial score (nSPS) is 17.0. The molecule has 1 aromatic carbocycles. The van der Waals surface area contributed by atoms with E-state index in [9.17, 15) is 9.90 Å². The number of hydrogen-bond donors (Lipinski definition) is 1. The molecule has 1 aliphatic carbocycles. The highest BCUT2D eigenvalue weighted by molar-refractivity contribution is 6.31. The maximum absolute atomic E-state index is 11.8. The molecular formula is C15H19ClO4. The minimum atomic E-state index is -0.921. The second-order valence-corrected chi connectivity index (χ2v) is 5.60. The number of carbonyl (C=O) groups is 1. The van der Waals surface area contributed by atoms with E-state index in [4.69, 9.17) is 21.1 Å². The largest absolute Gasteiger partial charge is 0.493 e. The Kier molecular flexibility index (Phi) is 4.14. The summed E-state index contributed by atoms with van der Waals surface area (Å²) in [5, 5.41) is 10.2. The van der Waals surface area contributed by atoms with Gasteiger partial charge in [0.15, 0.2) is 11.5 Å². The standard InChI is InChI=1S/C15H19ClO4/c1-9-11(16)8-10(13(20-3)12(9)19-2)15(14(17)18)6-4-5-7-15/h8H,4-7H2,1-3H3,(H,17,18). The molecule has 0 unspecified atom stereocenters. The van der Waals surface area contributed by atoms with Gasteiger partial charge in [-0.1, -0.05) is 24.4 Å². The molecule has 0 saturated heterocycles. The Morgan fingerprint density at radius 3 is 2.25 bits per heavy atom. The van der Waals surface area contributed by atoms with Gasteiger partial charge < -0.3 is 14.6 Å². The van der Waals surface area contributed by atoms with Crippen LogP contribution < -0.4 is 9.47 Å². The number of carboxylic acids is 1. The molecule has 0 aliphatic heterocycles. The van der Waals surface area contributed by atoms with Crippen molar-refractivity contribution in [2.75, 3.05) is 14.2 Å². The average Bonchev–Trinajstić information content (AvgIpc) is 2.91. The van der Waals surface area contributed by atoms with Crippen LogP contribution in [0.15, 0.2) is 6.07 Å². The number of benzene rings is 1. The summed E-state index contributed by atoms with van der Waals surface area (Å²) in [6.07, 6.45) is 2.98. The third kappa shape index (κ3) is 2.12. The molecule has 0 spiro atoms. The van der Waals surface area contributed by atoms with E-state index >= 15 is 0 Å². The molecule has 5 heteroatoms. The van der Waals surface area contributed by atoms with Gasteiger partial charge in [0.1, 0.15) is 0 Å². The topological polar surface area (TPSA) is 55.8 Å². The fourth-order valence-corrected chi connectivity index (χ4v) is 3.28. The minimum Gasteiger partial charge on any atom is -0.493 e. The Morgan fingerprint density at radius 1 is 1.25 bits per heavy atom. The van der Waals surface area contributed by atoms with Crippen LogP contribution in [-0.2, 0) is 10.2 Å². The van der Waals surface area contributed by atoms with Gasteiger partial charge in [-0.05, 0) is 25.8 Å². The van der Waals surface area contributed by atoms with Crippen LogP contribution in [0, 0.1) is 6.92 Å². The van der Waals surface area contributed by atoms with Gasteiger partial charge in [0.2, 0.25) is 0 Å². The Labute approximate surface area is 123 Å². The predicted octanol–water partition coefficient (Wildman–Crippen LogP) is 3.56. The van der Waals surface area contributed by atoms with E-state index in [0.717, 1.165) is 18.4 Å². The molecule has 0 amide bonds. The second-order valence-electron chi connectivity index (χ2n) is 5.19. The molecule has 1 fully saturated rings. The van der Waals surface area contributed by atoms with Gasteiger partial charge in [-0.25, -0.2) is 0 Å². The monoisotopic (exact) mass is 298 g/mol. The van der Waals surface area contributed by atoms with Gasteiger partial charge >= 0.3 is 5.97 Å². The smallest absolute Gasteiger partial charge is 0.314 e. The Morgan fingerprint density at radius 2 is 1.80 bits per heavy atom. The van der Waals surface area contributed by atoms with E-state index in [1.807, 2.05) is 6.92 Å².